The lowest BCUT2D eigenvalue weighted by Crippen LogP contribution is -2.41. The highest BCUT2D eigenvalue weighted by molar-refractivity contribution is 5.97. The minimum absolute atomic E-state index is 0.0625. The minimum atomic E-state index is -0.361. The van der Waals surface area contributed by atoms with Crippen LogP contribution in [0.15, 0.2) is 36.0 Å². The third-order valence-electron chi connectivity index (χ3n) is 3.62. The van der Waals surface area contributed by atoms with E-state index in [1.54, 1.807) is 0 Å². The molecule has 0 spiro atoms. The zero-order valence-electron chi connectivity index (χ0n) is 13.3. The molecule has 0 atom stereocenters. The first-order chi connectivity index (χ1) is 11.2. The Hall–Kier alpha value is -2.36. The first-order valence-electron chi connectivity index (χ1n) is 7.71. The van der Waals surface area contributed by atoms with E-state index in [9.17, 15) is 4.79 Å². The number of benzene rings is 1. The average molecular weight is 314 g/mol. The number of carbonyl (C=O) groups is 1. The minimum Gasteiger partial charge on any atom is -0.379 e. The molecule has 23 heavy (non-hydrogen) atoms. The maximum atomic E-state index is 12.0. The summed E-state index contributed by atoms with van der Waals surface area (Å²) in [6.07, 6.45) is 1.44. The molecule has 6 nitrogen and oxygen atoms in total. The molecule has 2 N–H and O–H groups in total. The number of nitriles is 1. The molecule has 1 aliphatic rings. The number of amides is 1. The number of hydrogen-bond acceptors (Lipinski definition) is 5. The molecule has 0 bridgehead atoms. The van der Waals surface area contributed by atoms with E-state index in [1.807, 2.05) is 37.3 Å². The second-order valence-corrected chi connectivity index (χ2v) is 5.39. The predicted octanol–water partition coefficient (Wildman–Crippen LogP) is 1.26. The van der Waals surface area contributed by atoms with Gasteiger partial charge in [-0.3, -0.25) is 9.69 Å². The van der Waals surface area contributed by atoms with E-state index < -0.39 is 0 Å². The van der Waals surface area contributed by atoms with E-state index in [1.165, 1.54) is 6.20 Å². The summed E-state index contributed by atoms with van der Waals surface area (Å²) >= 11 is 0. The lowest BCUT2D eigenvalue weighted by Gasteiger charge is -2.26. The normalized spacial score (nSPS) is 15.7. The molecule has 0 unspecified atom stereocenters. The summed E-state index contributed by atoms with van der Waals surface area (Å²) in [4.78, 5) is 14.2. The maximum Gasteiger partial charge on any atom is 0.263 e. The van der Waals surface area contributed by atoms with Crippen molar-refractivity contribution in [2.45, 2.75) is 6.92 Å². The molecule has 0 aromatic heterocycles. The molecule has 1 aliphatic heterocycles. The van der Waals surface area contributed by atoms with E-state index in [4.69, 9.17) is 10.00 Å². The number of carbonyl (C=O) groups excluding carboxylic acids is 1. The summed E-state index contributed by atoms with van der Waals surface area (Å²) in [6, 6.07) is 9.65. The lowest BCUT2D eigenvalue weighted by molar-refractivity contribution is -0.117. The van der Waals surface area contributed by atoms with Crippen LogP contribution in [-0.2, 0) is 9.53 Å². The van der Waals surface area contributed by atoms with Crippen LogP contribution in [0, 0.1) is 18.3 Å². The summed E-state index contributed by atoms with van der Waals surface area (Å²) < 4.78 is 5.27. The Morgan fingerprint density at radius 3 is 2.70 bits per heavy atom. The number of nitrogens with one attached hydrogen (secondary N) is 2. The second kappa shape index (κ2) is 8.93. The van der Waals surface area contributed by atoms with Gasteiger partial charge in [-0.2, -0.15) is 5.26 Å². The molecule has 1 amide bonds. The molecule has 1 aromatic carbocycles. The van der Waals surface area contributed by atoms with Crippen molar-refractivity contribution in [2.24, 2.45) is 0 Å². The van der Waals surface area contributed by atoms with Crippen LogP contribution < -0.4 is 10.6 Å². The van der Waals surface area contributed by atoms with Gasteiger partial charge in [-0.25, -0.2) is 0 Å². The average Bonchev–Trinajstić information content (AvgIpc) is 2.58. The molecule has 1 fully saturated rings. The highest BCUT2D eigenvalue weighted by Gasteiger charge is 2.12. The maximum absolute atomic E-state index is 12.0. The van der Waals surface area contributed by atoms with Crippen LogP contribution in [0.5, 0.6) is 0 Å². The van der Waals surface area contributed by atoms with Crippen LogP contribution in [0.25, 0.3) is 0 Å². The van der Waals surface area contributed by atoms with Crippen LogP contribution in [0.4, 0.5) is 5.69 Å². The zero-order valence-corrected chi connectivity index (χ0v) is 13.3. The first kappa shape index (κ1) is 17.0. The zero-order chi connectivity index (χ0) is 16.5. The van der Waals surface area contributed by atoms with Crippen molar-refractivity contribution in [1.82, 2.24) is 10.2 Å². The van der Waals surface area contributed by atoms with Gasteiger partial charge in [0, 0.05) is 38.1 Å². The topological polar surface area (TPSA) is 77.4 Å². The predicted molar refractivity (Wildman–Crippen MR) is 88.8 cm³/mol. The van der Waals surface area contributed by atoms with Crippen LogP contribution in [0.2, 0.25) is 0 Å². The van der Waals surface area contributed by atoms with Crippen LogP contribution >= 0.6 is 0 Å². The molecule has 1 heterocycles. The second-order valence-electron chi connectivity index (χ2n) is 5.39. The summed E-state index contributed by atoms with van der Waals surface area (Å²) in [6.45, 7) is 6.51. The fourth-order valence-electron chi connectivity index (χ4n) is 2.20. The number of aryl methyl sites for hydroxylation is 1. The molecule has 0 saturated carbocycles. The Balaban J connectivity index is 1.79. The van der Waals surface area contributed by atoms with Gasteiger partial charge in [0.2, 0.25) is 0 Å². The van der Waals surface area contributed by atoms with Crippen LogP contribution in [-0.4, -0.2) is 50.2 Å². The molecule has 0 aliphatic carbocycles. The van der Waals surface area contributed by atoms with Crippen LogP contribution in [0.1, 0.15) is 5.56 Å². The first-order valence-corrected chi connectivity index (χ1v) is 7.71. The number of rotatable bonds is 6. The number of hydrogen-bond donors (Lipinski definition) is 2. The van der Waals surface area contributed by atoms with Crippen molar-refractivity contribution in [3.8, 4) is 6.07 Å². The Bertz CT molecular complexity index is 584. The Kier molecular flexibility index (Phi) is 6.60. The van der Waals surface area contributed by atoms with Gasteiger partial charge in [-0.05, 0) is 19.1 Å². The molecule has 6 heteroatoms. The number of ether oxygens (including phenoxy) is 1. The Morgan fingerprint density at radius 2 is 2.04 bits per heavy atom. The van der Waals surface area contributed by atoms with Crippen molar-refractivity contribution >= 4 is 11.6 Å². The van der Waals surface area contributed by atoms with Gasteiger partial charge in [0.25, 0.3) is 5.91 Å². The van der Waals surface area contributed by atoms with Gasteiger partial charge in [-0.1, -0.05) is 17.7 Å². The number of nitrogens with zero attached hydrogens (tertiary/aromatic N) is 2. The van der Waals surface area contributed by atoms with E-state index in [2.05, 4.69) is 15.5 Å². The third kappa shape index (κ3) is 5.74. The summed E-state index contributed by atoms with van der Waals surface area (Å²) in [5.41, 5.74) is 2.05. The highest BCUT2D eigenvalue weighted by atomic mass is 16.5. The Labute approximate surface area is 136 Å². The fraction of sp³-hybridized carbons (Fsp3) is 0.412. The molecule has 122 valence electrons. The van der Waals surface area contributed by atoms with Crippen molar-refractivity contribution in [1.29, 1.82) is 5.26 Å². The quantitative estimate of drug-likeness (QED) is 0.611. The van der Waals surface area contributed by atoms with Crippen molar-refractivity contribution in [2.75, 3.05) is 44.7 Å². The standard InChI is InChI=1S/C17H22N4O2/c1-14-2-4-16(5-3-14)20-13-15(12-18)17(22)19-6-7-21-8-10-23-11-9-21/h2-5,13,20H,6-11H2,1H3,(H,19,22)/b15-13-. The monoisotopic (exact) mass is 314 g/mol. The smallest absolute Gasteiger partial charge is 0.263 e. The highest BCUT2D eigenvalue weighted by Crippen LogP contribution is 2.09. The molecule has 1 saturated heterocycles. The van der Waals surface area contributed by atoms with Crippen LogP contribution in [0.3, 0.4) is 0 Å². The summed E-state index contributed by atoms with van der Waals surface area (Å²) in [5.74, 6) is -0.361. The largest absolute Gasteiger partial charge is 0.379 e. The molecule has 2 rings (SSSR count). The van der Waals surface area contributed by atoms with Gasteiger partial charge in [0.1, 0.15) is 11.6 Å². The van der Waals surface area contributed by atoms with Gasteiger partial charge in [-0.15, -0.1) is 0 Å². The lowest BCUT2D eigenvalue weighted by atomic mass is 10.2. The van der Waals surface area contributed by atoms with Gasteiger partial charge < -0.3 is 15.4 Å². The molecule has 1 aromatic rings. The van der Waals surface area contributed by atoms with E-state index in [0.717, 1.165) is 44.1 Å². The van der Waals surface area contributed by atoms with E-state index in [0.29, 0.717) is 6.54 Å². The third-order valence-corrected chi connectivity index (χ3v) is 3.62. The van der Waals surface area contributed by atoms with Crippen molar-refractivity contribution in [3.05, 3.63) is 41.6 Å². The number of anilines is 1. The SMILES string of the molecule is Cc1ccc(N/C=C(/C#N)C(=O)NCCN2CCOCC2)cc1. The molecular formula is C17H22N4O2. The summed E-state index contributed by atoms with van der Waals surface area (Å²) in [7, 11) is 0. The number of morpholine rings is 1. The van der Waals surface area contributed by atoms with Crippen molar-refractivity contribution < 1.29 is 9.53 Å². The fourth-order valence-corrected chi connectivity index (χ4v) is 2.20. The van der Waals surface area contributed by atoms with Gasteiger partial charge in [0.15, 0.2) is 0 Å². The Morgan fingerprint density at radius 1 is 1.35 bits per heavy atom. The molecular weight excluding hydrogens is 292 g/mol. The van der Waals surface area contributed by atoms with Gasteiger partial charge in [0.05, 0.1) is 13.2 Å². The van der Waals surface area contributed by atoms with Crippen molar-refractivity contribution in [3.63, 3.8) is 0 Å². The van der Waals surface area contributed by atoms with E-state index in [-0.39, 0.29) is 11.5 Å². The van der Waals surface area contributed by atoms with E-state index >= 15 is 0 Å². The van der Waals surface area contributed by atoms with Gasteiger partial charge >= 0.3 is 0 Å². The molecule has 0 radical (unpaired) electrons. The summed E-state index contributed by atoms with van der Waals surface area (Å²) in [5, 5.41) is 14.9.